The van der Waals surface area contributed by atoms with Gasteiger partial charge in [0.05, 0.1) is 32.6 Å². The molecule has 0 unspecified atom stereocenters. The maximum absolute atomic E-state index is 12.7. The van der Waals surface area contributed by atoms with E-state index in [0.29, 0.717) is 19.6 Å². The van der Waals surface area contributed by atoms with Crippen LogP contribution in [-0.4, -0.2) is 61.6 Å². The van der Waals surface area contributed by atoms with Crippen LogP contribution in [0.5, 0.6) is 0 Å². The number of amides is 1. The average molecular weight is 357 g/mol. The van der Waals surface area contributed by atoms with Crippen molar-refractivity contribution < 1.29 is 13.9 Å². The molecule has 140 valence electrons. The fraction of sp³-hybridized carbons (Fsp3) is 0.450. The van der Waals surface area contributed by atoms with E-state index in [9.17, 15) is 4.79 Å². The molecule has 1 fully saturated rings. The van der Waals surface area contributed by atoms with Gasteiger partial charge in [0.1, 0.15) is 5.76 Å². The van der Waals surface area contributed by atoms with Gasteiger partial charge in [-0.25, -0.2) is 0 Å². The van der Waals surface area contributed by atoms with Gasteiger partial charge in [0, 0.05) is 32.7 Å². The lowest BCUT2D eigenvalue weighted by Crippen LogP contribution is -2.43. The van der Waals surface area contributed by atoms with Crippen LogP contribution in [0.3, 0.4) is 0 Å². The van der Waals surface area contributed by atoms with Crippen molar-refractivity contribution >= 4 is 5.91 Å². The number of nitrogens with one attached hydrogen (secondary N) is 1. The standard InChI is InChI=1S/C20H27N3O3/c24-20(15-21-8-9-22-10-13-25-14-11-22)23(17-19-7-4-12-26-19)16-18-5-2-1-3-6-18/h1-7,12,21H,8-11,13-17H2. The summed E-state index contributed by atoms with van der Waals surface area (Å²) in [5.74, 6) is 0.870. The van der Waals surface area contributed by atoms with E-state index in [-0.39, 0.29) is 5.91 Å². The van der Waals surface area contributed by atoms with Crippen molar-refractivity contribution in [2.24, 2.45) is 0 Å². The van der Waals surface area contributed by atoms with E-state index in [1.807, 2.05) is 47.4 Å². The minimum atomic E-state index is 0.0761. The van der Waals surface area contributed by atoms with Gasteiger partial charge in [-0.15, -0.1) is 0 Å². The van der Waals surface area contributed by atoms with Crippen LogP contribution >= 0.6 is 0 Å². The summed E-state index contributed by atoms with van der Waals surface area (Å²) < 4.78 is 10.8. The van der Waals surface area contributed by atoms with Crippen LogP contribution < -0.4 is 5.32 Å². The Hall–Kier alpha value is -2.15. The molecule has 1 aromatic carbocycles. The molecular weight excluding hydrogens is 330 g/mol. The van der Waals surface area contributed by atoms with Gasteiger partial charge in [-0.05, 0) is 17.7 Å². The van der Waals surface area contributed by atoms with Gasteiger partial charge in [0.15, 0.2) is 0 Å². The minimum Gasteiger partial charge on any atom is -0.467 e. The fourth-order valence-corrected chi connectivity index (χ4v) is 3.00. The van der Waals surface area contributed by atoms with Gasteiger partial charge in [-0.1, -0.05) is 30.3 Å². The van der Waals surface area contributed by atoms with Crippen molar-refractivity contribution in [3.63, 3.8) is 0 Å². The highest BCUT2D eigenvalue weighted by Gasteiger charge is 2.16. The predicted octanol–water partition coefficient (Wildman–Crippen LogP) is 1.73. The summed E-state index contributed by atoms with van der Waals surface area (Å²) in [6, 6.07) is 13.8. The highest BCUT2D eigenvalue weighted by atomic mass is 16.5. The molecule has 3 rings (SSSR count). The van der Waals surface area contributed by atoms with Gasteiger partial charge >= 0.3 is 0 Å². The van der Waals surface area contributed by atoms with Crippen LogP contribution in [0.2, 0.25) is 0 Å². The van der Waals surface area contributed by atoms with E-state index in [0.717, 1.165) is 50.7 Å². The molecule has 1 N–H and O–H groups in total. The summed E-state index contributed by atoms with van der Waals surface area (Å²) in [5, 5.41) is 3.27. The monoisotopic (exact) mass is 357 g/mol. The number of rotatable bonds is 9. The first-order valence-corrected chi connectivity index (χ1v) is 9.16. The SMILES string of the molecule is O=C(CNCCN1CCOCC1)N(Cc1ccccc1)Cc1ccco1. The molecular formula is C20H27N3O3. The van der Waals surface area contributed by atoms with Crippen LogP contribution in [-0.2, 0) is 22.6 Å². The second-order valence-corrected chi connectivity index (χ2v) is 6.45. The minimum absolute atomic E-state index is 0.0761. The zero-order valence-corrected chi connectivity index (χ0v) is 15.1. The molecule has 6 nitrogen and oxygen atoms in total. The maximum Gasteiger partial charge on any atom is 0.237 e. The number of morpholine rings is 1. The predicted molar refractivity (Wildman–Crippen MR) is 99.5 cm³/mol. The molecule has 1 aliphatic heterocycles. The summed E-state index contributed by atoms with van der Waals surface area (Å²) in [6.07, 6.45) is 1.64. The number of nitrogens with zero attached hydrogens (tertiary/aromatic N) is 2. The van der Waals surface area contributed by atoms with Crippen molar-refractivity contribution in [2.75, 3.05) is 45.9 Å². The Balaban J connectivity index is 1.48. The molecule has 0 atom stereocenters. The lowest BCUT2D eigenvalue weighted by molar-refractivity contribution is -0.131. The van der Waals surface area contributed by atoms with Gasteiger partial charge in [0.2, 0.25) is 5.91 Å². The van der Waals surface area contributed by atoms with Crippen LogP contribution in [0.15, 0.2) is 53.1 Å². The summed E-state index contributed by atoms with van der Waals surface area (Å²) in [4.78, 5) is 16.9. The summed E-state index contributed by atoms with van der Waals surface area (Å²) in [7, 11) is 0. The van der Waals surface area contributed by atoms with Gasteiger partial charge in [-0.2, -0.15) is 0 Å². The second-order valence-electron chi connectivity index (χ2n) is 6.45. The lowest BCUT2D eigenvalue weighted by atomic mass is 10.2. The third kappa shape index (κ3) is 5.98. The third-order valence-corrected chi connectivity index (χ3v) is 4.48. The Morgan fingerprint density at radius 1 is 1.08 bits per heavy atom. The summed E-state index contributed by atoms with van der Waals surface area (Å²) in [5.41, 5.74) is 1.11. The number of carbonyl (C=O) groups is 1. The Kier molecular flexibility index (Phi) is 7.25. The van der Waals surface area contributed by atoms with Crippen molar-refractivity contribution in [2.45, 2.75) is 13.1 Å². The van der Waals surface area contributed by atoms with E-state index in [1.54, 1.807) is 6.26 Å². The fourth-order valence-electron chi connectivity index (χ4n) is 3.00. The Labute approximate surface area is 154 Å². The van der Waals surface area contributed by atoms with Crippen LogP contribution in [0.1, 0.15) is 11.3 Å². The van der Waals surface area contributed by atoms with Crippen molar-refractivity contribution in [3.8, 4) is 0 Å². The zero-order valence-electron chi connectivity index (χ0n) is 15.1. The number of hydrogen-bond donors (Lipinski definition) is 1. The number of furan rings is 1. The topological polar surface area (TPSA) is 58.0 Å². The Morgan fingerprint density at radius 3 is 2.62 bits per heavy atom. The molecule has 1 saturated heterocycles. The van der Waals surface area contributed by atoms with Crippen molar-refractivity contribution in [3.05, 3.63) is 60.1 Å². The molecule has 0 radical (unpaired) electrons. The summed E-state index contributed by atoms with van der Waals surface area (Å²) >= 11 is 0. The van der Waals surface area contributed by atoms with Crippen LogP contribution in [0.4, 0.5) is 0 Å². The van der Waals surface area contributed by atoms with E-state index >= 15 is 0 Å². The second kappa shape index (κ2) is 10.1. The van der Waals surface area contributed by atoms with Gasteiger partial charge < -0.3 is 19.4 Å². The molecule has 2 heterocycles. The van der Waals surface area contributed by atoms with E-state index < -0.39 is 0 Å². The van der Waals surface area contributed by atoms with Gasteiger partial charge in [0.25, 0.3) is 0 Å². The lowest BCUT2D eigenvalue weighted by Gasteiger charge is -2.27. The first kappa shape index (κ1) is 18.6. The van der Waals surface area contributed by atoms with Crippen molar-refractivity contribution in [1.29, 1.82) is 0 Å². The molecule has 6 heteroatoms. The molecule has 0 spiro atoms. The summed E-state index contributed by atoms with van der Waals surface area (Å²) in [6.45, 7) is 6.65. The van der Waals surface area contributed by atoms with E-state index in [2.05, 4.69) is 10.2 Å². The van der Waals surface area contributed by atoms with Crippen molar-refractivity contribution in [1.82, 2.24) is 15.1 Å². The Bertz CT molecular complexity index is 640. The van der Waals surface area contributed by atoms with E-state index in [4.69, 9.17) is 9.15 Å². The largest absolute Gasteiger partial charge is 0.467 e. The first-order valence-electron chi connectivity index (χ1n) is 9.16. The quantitative estimate of drug-likeness (QED) is 0.693. The third-order valence-electron chi connectivity index (χ3n) is 4.48. The molecule has 1 aromatic heterocycles. The molecule has 0 saturated carbocycles. The molecule has 26 heavy (non-hydrogen) atoms. The van der Waals surface area contributed by atoms with E-state index in [1.165, 1.54) is 0 Å². The number of hydrogen-bond acceptors (Lipinski definition) is 5. The molecule has 1 amide bonds. The molecule has 0 bridgehead atoms. The average Bonchev–Trinajstić information content (AvgIpc) is 3.19. The highest BCUT2D eigenvalue weighted by Crippen LogP contribution is 2.10. The first-order chi connectivity index (χ1) is 12.8. The highest BCUT2D eigenvalue weighted by molar-refractivity contribution is 5.78. The molecule has 1 aliphatic rings. The maximum atomic E-state index is 12.7. The Morgan fingerprint density at radius 2 is 1.88 bits per heavy atom. The molecule has 2 aromatic rings. The number of carbonyl (C=O) groups excluding carboxylic acids is 1. The normalized spacial score (nSPS) is 15.1. The van der Waals surface area contributed by atoms with Crippen LogP contribution in [0, 0.1) is 0 Å². The smallest absolute Gasteiger partial charge is 0.237 e. The van der Waals surface area contributed by atoms with Crippen LogP contribution in [0.25, 0.3) is 0 Å². The molecule has 0 aliphatic carbocycles. The van der Waals surface area contributed by atoms with Gasteiger partial charge in [-0.3, -0.25) is 9.69 Å². The zero-order chi connectivity index (χ0) is 18.0. The number of benzene rings is 1. The number of ether oxygens (including phenoxy) is 1.